The van der Waals surface area contributed by atoms with Gasteiger partial charge in [0.1, 0.15) is 5.82 Å². The molecular weight excluding hydrogens is 255 g/mol. The third-order valence-corrected chi connectivity index (χ3v) is 3.78. The molecule has 2 heterocycles. The fourth-order valence-corrected chi connectivity index (χ4v) is 2.85. The first-order chi connectivity index (χ1) is 9.74. The van der Waals surface area contributed by atoms with Gasteiger partial charge >= 0.3 is 0 Å². The number of fused-ring (bicyclic) bond motifs is 2. The lowest BCUT2D eigenvalue weighted by Crippen LogP contribution is -2.19. The molecule has 2 N–H and O–H groups in total. The van der Waals surface area contributed by atoms with Crippen LogP contribution in [0.5, 0.6) is 0 Å². The first-order valence-corrected chi connectivity index (χ1v) is 6.40. The predicted octanol–water partition coefficient (Wildman–Crippen LogP) is 3.14. The monoisotopic (exact) mass is 266 g/mol. The summed E-state index contributed by atoms with van der Waals surface area (Å²) in [5, 5.41) is 3.90. The van der Waals surface area contributed by atoms with Crippen LogP contribution in [-0.4, -0.2) is 10.9 Å². The second-order valence-electron chi connectivity index (χ2n) is 4.93. The first kappa shape index (κ1) is 11.2. The van der Waals surface area contributed by atoms with Crippen LogP contribution < -0.4 is 5.32 Å². The maximum atomic E-state index is 13.2. The van der Waals surface area contributed by atoms with Crippen LogP contribution in [0.1, 0.15) is 27.5 Å². The van der Waals surface area contributed by atoms with Crippen LogP contribution in [-0.2, 0) is 0 Å². The van der Waals surface area contributed by atoms with Gasteiger partial charge in [-0.3, -0.25) is 4.79 Å². The Kier molecular flexibility index (Phi) is 2.21. The standard InChI is InChI=1S/C16H11FN2O/c17-9-5-6-10-13(8-18-14(10)7-9)15-11-3-1-2-4-12(11)16(20)19-15/h1-8,15,18H,(H,19,20). The molecule has 3 nitrogen and oxygen atoms in total. The largest absolute Gasteiger partial charge is 0.361 e. The average molecular weight is 266 g/mol. The molecule has 0 aliphatic carbocycles. The molecule has 3 aromatic rings. The summed E-state index contributed by atoms with van der Waals surface area (Å²) in [4.78, 5) is 15.0. The number of aromatic nitrogens is 1. The van der Waals surface area contributed by atoms with Gasteiger partial charge in [-0.15, -0.1) is 0 Å². The van der Waals surface area contributed by atoms with E-state index in [2.05, 4.69) is 10.3 Å². The van der Waals surface area contributed by atoms with Crippen LogP contribution in [0.15, 0.2) is 48.7 Å². The molecule has 98 valence electrons. The fourth-order valence-electron chi connectivity index (χ4n) is 2.85. The molecule has 0 spiro atoms. The van der Waals surface area contributed by atoms with Crippen LogP contribution in [0.4, 0.5) is 4.39 Å². The van der Waals surface area contributed by atoms with Crippen LogP contribution in [0, 0.1) is 5.82 Å². The van der Waals surface area contributed by atoms with Crippen molar-refractivity contribution in [1.82, 2.24) is 10.3 Å². The summed E-state index contributed by atoms with van der Waals surface area (Å²) < 4.78 is 13.2. The van der Waals surface area contributed by atoms with E-state index in [-0.39, 0.29) is 17.8 Å². The van der Waals surface area contributed by atoms with E-state index in [4.69, 9.17) is 0 Å². The Morgan fingerprint density at radius 1 is 1.05 bits per heavy atom. The van der Waals surface area contributed by atoms with Crippen molar-refractivity contribution < 1.29 is 9.18 Å². The van der Waals surface area contributed by atoms with Gasteiger partial charge in [0.2, 0.25) is 0 Å². The lowest BCUT2D eigenvalue weighted by atomic mass is 9.98. The van der Waals surface area contributed by atoms with E-state index in [9.17, 15) is 9.18 Å². The van der Waals surface area contributed by atoms with Gasteiger partial charge in [0.05, 0.1) is 6.04 Å². The lowest BCUT2D eigenvalue weighted by Gasteiger charge is -2.10. The third-order valence-electron chi connectivity index (χ3n) is 3.78. The Balaban J connectivity index is 1.91. The molecule has 0 saturated carbocycles. The number of H-pyrrole nitrogens is 1. The predicted molar refractivity (Wildman–Crippen MR) is 74.0 cm³/mol. The summed E-state index contributed by atoms with van der Waals surface area (Å²) in [6.45, 7) is 0. The minimum absolute atomic E-state index is 0.0675. The van der Waals surface area contributed by atoms with E-state index in [1.54, 1.807) is 6.07 Å². The highest BCUT2D eigenvalue weighted by molar-refractivity contribution is 6.00. The molecule has 4 heteroatoms. The van der Waals surface area contributed by atoms with Crippen LogP contribution in [0.2, 0.25) is 0 Å². The Morgan fingerprint density at radius 2 is 1.90 bits per heavy atom. The average Bonchev–Trinajstić information content (AvgIpc) is 3.00. The lowest BCUT2D eigenvalue weighted by molar-refractivity contribution is 0.0960. The van der Waals surface area contributed by atoms with Crippen LogP contribution >= 0.6 is 0 Å². The third kappa shape index (κ3) is 1.48. The van der Waals surface area contributed by atoms with Crippen molar-refractivity contribution in [3.63, 3.8) is 0 Å². The molecule has 1 atom stereocenters. The summed E-state index contributed by atoms with van der Waals surface area (Å²) in [6, 6.07) is 12.0. The first-order valence-electron chi connectivity index (χ1n) is 6.40. The molecule has 2 aromatic carbocycles. The fraction of sp³-hybridized carbons (Fsp3) is 0.0625. The number of amides is 1. The highest BCUT2D eigenvalue weighted by atomic mass is 19.1. The summed E-state index contributed by atoms with van der Waals surface area (Å²) in [6.07, 6.45) is 1.83. The zero-order valence-corrected chi connectivity index (χ0v) is 10.5. The number of rotatable bonds is 1. The summed E-state index contributed by atoms with van der Waals surface area (Å²) in [5.41, 5.74) is 3.36. The van der Waals surface area contributed by atoms with Crippen molar-refractivity contribution in [2.24, 2.45) is 0 Å². The molecule has 4 rings (SSSR count). The summed E-state index contributed by atoms with van der Waals surface area (Å²) in [7, 11) is 0. The zero-order valence-electron chi connectivity index (χ0n) is 10.5. The second kappa shape index (κ2) is 3.93. The van der Waals surface area contributed by atoms with Gasteiger partial charge in [-0.2, -0.15) is 0 Å². The van der Waals surface area contributed by atoms with E-state index < -0.39 is 0 Å². The molecule has 1 amide bonds. The Bertz CT molecular complexity index is 837. The van der Waals surface area contributed by atoms with Crippen molar-refractivity contribution >= 4 is 16.8 Å². The van der Waals surface area contributed by atoms with E-state index >= 15 is 0 Å². The number of carbonyl (C=O) groups excluding carboxylic acids is 1. The number of hydrogen-bond donors (Lipinski definition) is 2. The quantitative estimate of drug-likeness (QED) is 0.698. The maximum Gasteiger partial charge on any atom is 0.252 e. The van der Waals surface area contributed by atoms with E-state index in [1.807, 2.05) is 30.5 Å². The Hall–Kier alpha value is -2.62. The number of aromatic amines is 1. The van der Waals surface area contributed by atoms with E-state index in [1.165, 1.54) is 12.1 Å². The molecular formula is C16H11FN2O. The van der Waals surface area contributed by atoms with Gasteiger partial charge in [-0.1, -0.05) is 18.2 Å². The molecule has 1 unspecified atom stereocenters. The minimum Gasteiger partial charge on any atom is -0.361 e. The number of nitrogens with one attached hydrogen (secondary N) is 2. The van der Waals surface area contributed by atoms with Crippen molar-refractivity contribution in [3.05, 3.63) is 71.2 Å². The summed E-state index contributed by atoms with van der Waals surface area (Å²) >= 11 is 0. The Labute approximate surface area is 114 Å². The topological polar surface area (TPSA) is 44.9 Å². The molecule has 0 saturated heterocycles. The summed E-state index contributed by atoms with van der Waals surface area (Å²) in [5.74, 6) is -0.344. The number of halogens is 1. The molecule has 1 aliphatic heterocycles. The van der Waals surface area contributed by atoms with E-state index in [0.29, 0.717) is 5.56 Å². The smallest absolute Gasteiger partial charge is 0.252 e. The minimum atomic E-state index is -0.276. The molecule has 1 aliphatic rings. The zero-order chi connectivity index (χ0) is 13.7. The number of benzene rings is 2. The van der Waals surface area contributed by atoms with Crippen molar-refractivity contribution in [2.45, 2.75) is 6.04 Å². The molecule has 20 heavy (non-hydrogen) atoms. The van der Waals surface area contributed by atoms with Crippen molar-refractivity contribution in [1.29, 1.82) is 0 Å². The van der Waals surface area contributed by atoms with Gasteiger partial charge in [-0.05, 0) is 29.8 Å². The van der Waals surface area contributed by atoms with Crippen molar-refractivity contribution in [2.75, 3.05) is 0 Å². The van der Waals surface area contributed by atoms with E-state index in [0.717, 1.165) is 22.0 Å². The highest BCUT2D eigenvalue weighted by Crippen LogP contribution is 2.34. The second-order valence-corrected chi connectivity index (χ2v) is 4.93. The molecule has 0 fully saturated rings. The maximum absolute atomic E-state index is 13.2. The Morgan fingerprint density at radius 3 is 2.80 bits per heavy atom. The normalized spacial score (nSPS) is 17.2. The number of carbonyl (C=O) groups is 1. The van der Waals surface area contributed by atoms with Gasteiger partial charge < -0.3 is 10.3 Å². The van der Waals surface area contributed by atoms with Gasteiger partial charge in [0.25, 0.3) is 5.91 Å². The van der Waals surface area contributed by atoms with Gasteiger partial charge in [0, 0.05) is 28.2 Å². The van der Waals surface area contributed by atoms with Gasteiger partial charge in [0.15, 0.2) is 0 Å². The molecule has 1 aromatic heterocycles. The van der Waals surface area contributed by atoms with Crippen LogP contribution in [0.25, 0.3) is 10.9 Å². The van der Waals surface area contributed by atoms with Crippen LogP contribution in [0.3, 0.4) is 0 Å². The number of hydrogen-bond acceptors (Lipinski definition) is 1. The van der Waals surface area contributed by atoms with Gasteiger partial charge in [-0.25, -0.2) is 4.39 Å². The molecule has 0 bridgehead atoms. The van der Waals surface area contributed by atoms with Crippen molar-refractivity contribution in [3.8, 4) is 0 Å². The SMILES string of the molecule is O=C1NC(c2c[nH]c3cc(F)ccc23)c2ccccc21. The highest BCUT2D eigenvalue weighted by Gasteiger charge is 2.30. The molecule has 0 radical (unpaired) electrons.